The van der Waals surface area contributed by atoms with E-state index in [2.05, 4.69) is 13.2 Å². The number of hydrogen-bond donors (Lipinski definition) is 1. The molecule has 0 bridgehead atoms. The molecule has 0 aromatic rings. The summed E-state index contributed by atoms with van der Waals surface area (Å²) in [5.41, 5.74) is 1.98. The molecule has 1 heterocycles. The van der Waals surface area contributed by atoms with Crippen LogP contribution in [0.1, 0.15) is 33.6 Å². The molecular formula is C15H20O3. The predicted molar refractivity (Wildman–Crippen MR) is 69.6 cm³/mol. The minimum absolute atomic E-state index is 0.176. The number of carbonyl (C=O) groups excluding carboxylic acids is 1. The van der Waals surface area contributed by atoms with Crippen LogP contribution in [0.5, 0.6) is 0 Å². The third kappa shape index (κ3) is 1.65. The van der Waals surface area contributed by atoms with Gasteiger partial charge in [0.05, 0.1) is 0 Å². The number of fused-ring (bicyclic) bond motifs is 1. The smallest absolute Gasteiger partial charge is 0.336 e. The number of allylic oxidation sites excluding steroid dienone is 2. The fraction of sp³-hybridized carbons (Fsp3) is 0.533. The monoisotopic (exact) mass is 248 g/mol. The van der Waals surface area contributed by atoms with Crippen LogP contribution in [0.4, 0.5) is 0 Å². The Hall–Kier alpha value is -1.35. The summed E-state index contributed by atoms with van der Waals surface area (Å²) < 4.78 is 5.16. The zero-order chi connectivity index (χ0) is 13.7. The van der Waals surface area contributed by atoms with Crippen LogP contribution in [0.25, 0.3) is 0 Å². The first-order valence-corrected chi connectivity index (χ1v) is 6.18. The molecule has 18 heavy (non-hydrogen) atoms. The minimum Gasteiger partial charge on any atom is -0.426 e. The second kappa shape index (κ2) is 3.82. The van der Waals surface area contributed by atoms with Crippen LogP contribution < -0.4 is 0 Å². The molecule has 1 N–H and O–H groups in total. The number of hydrogen-bond acceptors (Lipinski definition) is 3. The van der Waals surface area contributed by atoms with Gasteiger partial charge in [-0.1, -0.05) is 25.2 Å². The molecule has 0 radical (unpaired) electrons. The van der Waals surface area contributed by atoms with Crippen molar-refractivity contribution in [1.29, 1.82) is 0 Å². The van der Waals surface area contributed by atoms with Crippen LogP contribution in [0, 0.1) is 11.3 Å². The molecule has 3 unspecified atom stereocenters. The Balaban J connectivity index is 2.49. The third-order valence-corrected chi connectivity index (χ3v) is 4.38. The van der Waals surface area contributed by atoms with Gasteiger partial charge in [0, 0.05) is 17.6 Å². The van der Waals surface area contributed by atoms with Crippen molar-refractivity contribution in [3.05, 3.63) is 36.0 Å². The van der Waals surface area contributed by atoms with Crippen LogP contribution in [0.15, 0.2) is 36.0 Å². The highest BCUT2D eigenvalue weighted by molar-refractivity contribution is 5.92. The molecule has 1 aliphatic heterocycles. The first-order chi connectivity index (χ1) is 8.23. The largest absolute Gasteiger partial charge is 0.426 e. The predicted octanol–water partition coefficient (Wildman–Crippen LogP) is 2.73. The Labute approximate surface area is 108 Å². The van der Waals surface area contributed by atoms with E-state index in [1.165, 1.54) is 0 Å². The van der Waals surface area contributed by atoms with Gasteiger partial charge in [0.25, 0.3) is 0 Å². The summed E-state index contributed by atoms with van der Waals surface area (Å²) in [6.45, 7) is 13.6. The lowest BCUT2D eigenvalue weighted by Crippen LogP contribution is -2.46. The summed E-state index contributed by atoms with van der Waals surface area (Å²) in [5, 5.41) is 10.5. The van der Waals surface area contributed by atoms with Gasteiger partial charge in [0.2, 0.25) is 5.79 Å². The maximum absolute atomic E-state index is 11.6. The number of esters is 1. The first-order valence-electron chi connectivity index (χ1n) is 6.18. The fourth-order valence-corrected chi connectivity index (χ4v) is 3.19. The van der Waals surface area contributed by atoms with Gasteiger partial charge in [-0.2, -0.15) is 0 Å². The topological polar surface area (TPSA) is 46.5 Å². The van der Waals surface area contributed by atoms with E-state index in [1.54, 1.807) is 6.92 Å². The quantitative estimate of drug-likeness (QED) is 0.603. The fourth-order valence-electron chi connectivity index (χ4n) is 3.19. The molecule has 2 aliphatic rings. The summed E-state index contributed by atoms with van der Waals surface area (Å²) in [5.74, 6) is -1.69. The average Bonchev–Trinajstić information content (AvgIpc) is 2.47. The van der Waals surface area contributed by atoms with Gasteiger partial charge >= 0.3 is 5.97 Å². The molecule has 1 aliphatic carbocycles. The number of ether oxygens (including phenoxy) is 1. The molecule has 2 rings (SSSR count). The summed E-state index contributed by atoms with van der Waals surface area (Å²) in [6, 6.07) is 0. The SMILES string of the molecule is C=CC1(C)CC2(O)OC(=O)C(C)=C2CC1C(=C)C. The maximum Gasteiger partial charge on any atom is 0.336 e. The summed E-state index contributed by atoms with van der Waals surface area (Å²) in [6.07, 6.45) is 2.79. The van der Waals surface area contributed by atoms with Crippen molar-refractivity contribution < 1.29 is 14.6 Å². The van der Waals surface area contributed by atoms with Crippen molar-refractivity contribution in [2.24, 2.45) is 11.3 Å². The highest BCUT2D eigenvalue weighted by Crippen LogP contribution is 2.54. The van der Waals surface area contributed by atoms with Crippen molar-refractivity contribution >= 4 is 5.97 Å². The van der Waals surface area contributed by atoms with Crippen molar-refractivity contribution in [3.8, 4) is 0 Å². The van der Waals surface area contributed by atoms with Gasteiger partial charge in [0.15, 0.2) is 0 Å². The zero-order valence-corrected chi connectivity index (χ0v) is 11.2. The molecule has 1 saturated carbocycles. The zero-order valence-electron chi connectivity index (χ0n) is 11.2. The van der Waals surface area contributed by atoms with Gasteiger partial charge in [-0.25, -0.2) is 4.79 Å². The number of rotatable bonds is 2. The Morgan fingerprint density at radius 1 is 1.61 bits per heavy atom. The molecule has 3 atom stereocenters. The lowest BCUT2D eigenvalue weighted by atomic mass is 9.61. The molecular weight excluding hydrogens is 228 g/mol. The van der Waals surface area contributed by atoms with E-state index in [0.29, 0.717) is 24.0 Å². The van der Waals surface area contributed by atoms with E-state index in [4.69, 9.17) is 4.74 Å². The van der Waals surface area contributed by atoms with E-state index in [1.807, 2.05) is 19.9 Å². The summed E-state index contributed by atoms with van der Waals surface area (Å²) in [7, 11) is 0. The second-order valence-corrected chi connectivity index (χ2v) is 5.77. The van der Waals surface area contributed by atoms with Gasteiger partial charge in [-0.15, -0.1) is 6.58 Å². The van der Waals surface area contributed by atoms with Gasteiger partial charge < -0.3 is 9.84 Å². The van der Waals surface area contributed by atoms with Crippen LogP contribution >= 0.6 is 0 Å². The van der Waals surface area contributed by atoms with Crippen LogP contribution in [-0.4, -0.2) is 16.9 Å². The summed E-state index contributed by atoms with van der Waals surface area (Å²) in [4.78, 5) is 11.6. The third-order valence-electron chi connectivity index (χ3n) is 4.38. The lowest BCUT2D eigenvalue weighted by Gasteiger charge is -2.46. The molecule has 3 nitrogen and oxygen atoms in total. The minimum atomic E-state index is -1.45. The van der Waals surface area contributed by atoms with E-state index in [-0.39, 0.29) is 11.3 Å². The van der Waals surface area contributed by atoms with Crippen LogP contribution in [0.2, 0.25) is 0 Å². The Kier molecular flexibility index (Phi) is 2.78. The molecule has 3 heteroatoms. The van der Waals surface area contributed by atoms with Gasteiger partial charge in [-0.05, 0) is 31.6 Å². The van der Waals surface area contributed by atoms with Crippen LogP contribution in [0.3, 0.4) is 0 Å². The van der Waals surface area contributed by atoms with E-state index in [0.717, 1.165) is 5.57 Å². The van der Waals surface area contributed by atoms with Gasteiger partial charge in [-0.3, -0.25) is 0 Å². The molecule has 0 amide bonds. The number of carbonyl (C=O) groups is 1. The molecule has 0 spiro atoms. The van der Waals surface area contributed by atoms with Crippen molar-refractivity contribution in [1.82, 2.24) is 0 Å². The highest BCUT2D eigenvalue weighted by Gasteiger charge is 2.55. The van der Waals surface area contributed by atoms with Gasteiger partial charge in [0.1, 0.15) is 0 Å². The van der Waals surface area contributed by atoms with Crippen molar-refractivity contribution in [2.45, 2.75) is 39.4 Å². The molecule has 1 fully saturated rings. The Morgan fingerprint density at radius 3 is 2.72 bits per heavy atom. The normalized spacial score (nSPS) is 39.3. The Bertz CT molecular complexity index is 474. The van der Waals surface area contributed by atoms with Crippen LogP contribution in [-0.2, 0) is 9.53 Å². The summed E-state index contributed by atoms with van der Waals surface area (Å²) >= 11 is 0. The van der Waals surface area contributed by atoms with Crippen molar-refractivity contribution in [2.75, 3.05) is 0 Å². The van der Waals surface area contributed by atoms with Crippen molar-refractivity contribution in [3.63, 3.8) is 0 Å². The molecule has 0 aromatic carbocycles. The Morgan fingerprint density at radius 2 is 2.22 bits per heavy atom. The molecule has 0 aromatic heterocycles. The van der Waals surface area contributed by atoms with E-state index >= 15 is 0 Å². The standard InChI is InChI=1S/C15H20O3/c1-6-14(5)8-15(17)12(7-11(14)9(2)3)10(4)13(16)18-15/h6,11,17H,1-2,7-8H2,3-5H3. The molecule has 0 saturated heterocycles. The average molecular weight is 248 g/mol. The number of aliphatic hydroxyl groups is 1. The second-order valence-electron chi connectivity index (χ2n) is 5.77. The maximum atomic E-state index is 11.6. The van der Waals surface area contributed by atoms with E-state index < -0.39 is 11.8 Å². The highest BCUT2D eigenvalue weighted by atomic mass is 16.7. The molecule has 98 valence electrons. The lowest BCUT2D eigenvalue weighted by molar-refractivity contribution is -0.197. The van der Waals surface area contributed by atoms with E-state index in [9.17, 15) is 9.90 Å². The first kappa shape index (κ1) is 13.1.